The minimum Gasteiger partial charge on any atom is -0.480 e. The number of carbonyl (C=O) groups excluding carboxylic acids is 1. The molecule has 6 nitrogen and oxygen atoms in total. The quantitative estimate of drug-likeness (QED) is 0.801. The van der Waals surface area contributed by atoms with Crippen molar-refractivity contribution in [3.8, 4) is 0 Å². The molecule has 0 radical (unpaired) electrons. The van der Waals surface area contributed by atoms with Crippen LogP contribution < -0.4 is 5.32 Å². The molecule has 0 bridgehead atoms. The lowest BCUT2D eigenvalue weighted by Gasteiger charge is -2.39. The number of aliphatic carboxylic acids is 1. The minimum atomic E-state index is -1.17. The zero-order valence-electron chi connectivity index (χ0n) is 12.2. The SMILES string of the molecule is CC1CCN(C(=O)NC2(C(=O)O)CCOCC2)CC1C. The van der Waals surface area contributed by atoms with E-state index in [9.17, 15) is 14.7 Å². The summed E-state index contributed by atoms with van der Waals surface area (Å²) in [6, 6.07) is -0.256. The molecule has 2 aliphatic heterocycles. The maximum absolute atomic E-state index is 12.3. The standard InChI is InChI=1S/C14H24N2O4/c1-10-3-6-16(9-11(10)2)13(19)15-14(12(17)18)4-7-20-8-5-14/h10-11H,3-9H2,1-2H3,(H,15,19)(H,17,18). The fraction of sp³-hybridized carbons (Fsp3) is 0.857. The summed E-state index contributed by atoms with van der Waals surface area (Å²) in [5.74, 6) is 0.0908. The van der Waals surface area contributed by atoms with Gasteiger partial charge in [-0.25, -0.2) is 9.59 Å². The highest BCUT2D eigenvalue weighted by Gasteiger charge is 2.42. The summed E-state index contributed by atoms with van der Waals surface area (Å²) >= 11 is 0. The van der Waals surface area contributed by atoms with Gasteiger partial charge in [-0.15, -0.1) is 0 Å². The van der Waals surface area contributed by atoms with Gasteiger partial charge in [0.25, 0.3) is 0 Å². The Balaban J connectivity index is 2.00. The van der Waals surface area contributed by atoms with Gasteiger partial charge < -0.3 is 20.1 Å². The first-order valence-corrected chi connectivity index (χ1v) is 7.33. The lowest BCUT2D eigenvalue weighted by molar-refractivity contribution is -0.148. The Bertz CT molecular complexity index is 379. The summed E-state index contributed by atoms with van der Waals surface area (Å²) < 4.78 is 5.20. The summed E-state index contributed by atoms with van der Waals surface area (Å²) in [5, 5.41) is 12.2. The van der Waals surface area contributed by atoms with Crippen LogP contribution in [0.15, 0.2) is 0 Å². The van der Waals surface area contributed by atoms with Crippen LogP contribution in [0.2, 0.25) is 0 Å². The van der Waals surface area contributed by atoms with Gasteiger partial charge in [0.1, 0.15) is 5.54 Å². The molecular formula is C14H24N2O4. The van der Waals surface area contributed by atoms with E-state index in [-0.39, 0.29) is 6.03 Å². The number of ether oxygens (including phenoxy) is 1. The first-order chi connectivity index (χ1) is 9.44. The Morgan fingerprint density at radius 2 is 1.90 bits per heavy atom. The summed E-state index contributed by atoms with van der Waals surface area (Å²) in [7, 11) is 0. The predicted octanol–water partition coefficient (Wildman–Crippen LogP) is 1.31. The minimum absolute atomic E-state index is 0.256. The number of nitrogens with zero attached hydrogens (tertiary/aromatic N) is 1. The number of carbonyl (C=O) groups is 2. The second-order valence-corrected chi connectivity index (χ2v) is 6.12. The van der Waals surface area contributed by atoms with Crippen LogP contribution in [0.25, 0.3) is 0 Å². The highest BCUT2D eigenvalue weighted by molar-refractivity contribution is 5.86. The monoisotopic (exact) mass is 284 g/mol. The van der Waals surface area contributed by atoms with Gasteiger partial charge >= 0.3 is 12.0 Å². The largest absolute Gasteiger partial charge is 0.480 e. The van der Waals surface area contributed by atoms with Gasteiger partial charge in [0.15, 0.2) is 0 Å². The van der Waals surface area contributed by atoms with Crippen molar-refractivity contribution >= 4 is 12.0 Å². The number of amides is 2. The van der Waals surface area contributed by atoms with E-state index in [1.807, 2.05) is 0 Å². The Hall–Kier alpha value is -1.30. The molecule has 0 spiro atoms. The number of piperidine rings is 1. The third-order valence-electron chi connectivity index (χ3n) is 4.72. The van der Waals surface area contributed by atoms with E-state index in [0.717, 1.165) is 6.42 Å². The van der Waals surface area contributed by atoms with Crippen LogP contribution in [0, 0.1) is 11.8 Å². The molecule has 2 amide bonds. The van der Waals surface area contributed by atoms with Gasteiger partial charge in [-0.2, -0.15) is 0 Å². The van der Waals surface area contributed by atoms with Crippen LogP contribution in [0.4, 0.5) is 4.79 Å². The summed E-state index contributed by atoms with van der Waals surface area (Å²) in [6.07, 6.45) is 1.62. The number of rotatable bonds is 2. The average Bonchev–Trinajstić information content (AvgIpc) is 2.42. The molecule has 2 N–H and O–H groups in total. The fourth-order valence-corrected chi connectivity index (χ4v) is 2.84. The van der Waals surface area contributed by atoms with Crippen LogP contribution in [-0.4, -0.2) is 53.8 Å². The van der Waals surface area contributed by atoms with Crippen molar-refractivity contribution in [2.45, 2.75) is 38.6 Å². The number of carboxylic acid groups (broad SMARTS) is 1. The average molecular weight is 284 g/mol. The van der Waals surface area contributed by atoms with Crippen molar-refractivity contribution in [3.63, 3.8) is 0 Å². The highest BCUT2D eigenvalue weighted by Crippen LogP contribution is 2.25. The van der Waals surface area contributed by atoms with Gasteiger partial charge in [-0.3, -0.25) is 0 Å². The third kappa shape index (κ3) is 3.06. The highest BCUT2D eigenvalue weighted by atomic mass is 16.5. The molecule has 0 aromatic heterocycles. The van der Waals surface area contributed by atoms with E-state index in [1.54, 1.807) is 4.90 Å². The normalized spacial score (nSPS) is 29.8. The molecule has 2 unspecified atom stereocenters. The molecule has 0 aliphatic carbocycles. The molecule has 0 aromatic carbocycles. The van der Waals surface area contributed by atoms with Gasteiger partial charge in [0.05, 0.1) is 0 Å². The van der Waals surface area contributed by atoms with Gasteiger partial charge in [-0.1, -0.05) is 13.8 Å². The molecule has 2 atom stereocenters. The predicted molar refractivity (Wildman–Crippen MR) is 73.5 cm³/mol. The Kier molecular flexibility index (Phi) is 4.52. The fourth-order valence-electron chi connectivity index (χ4n) is 2.84. The lowest BCUT2D eigenvalue weighted by Crippen LogP contribution is -2.61. The van der Waals surface area contributed by atoms with E-state index in [1.165, 1.54) is 0 Å². The number of carboxylic acids is 1. The maximum Gasteiger partial charge on any atom is 0.329 e. The summed E-state index contributed by atoms with van der Waals surface area (Å²) in [5.41, 5.74) is -1.17. The molecule has 114 valence electrons. The maximum atomic E-state index is 12.3. The zero-order chi connectivity index (χ0) is 14.8. The Morgan fingerprint density at radius 3 is 2.45 bits per heavy atom. The van der Waals surface area contributed by atoms with Crippen LogP contribution in [0.5, 0.6) is 0 Å². The zero-order valence-corrected chi connectivity index (χ0v) is 12.2. The first-order valence-electron chi connectivity index (χ1n) is 7.33. The number of nitrogens with one attached hydrogen (secondary N) is 1. The van der Waals surface area contributed by atoms with Crippen molar-refractivity contribution in [1.29, 1.82) is 0 Å². The van der Waals surface area contributed by atoms with Crippen molar-refractivity contribution in [2.75, 3.05) is 26.3 Å². The van der Waals surface area contributed by atoms with E-state index in [2.05, 4.69) is 19.2 Å². The molecule has 0 saturated carbocycles. The van der Waals surface area contributed by atoms with Crippen LogP contribution in [0.1, 0.15) is 33.1 Å². The topological polar surface area (TPSA) is 78.9 Å². The molecule has 2 fully saturated rings. The van der Waals surface area contributed by atoms with Gasteiger partial charge in [0, 0.05) is 39.1 Å². The second kappa shape index (κ2) is 5.99. The molecule has 20 heavy (non-hydrogen) atoms. The van der Waals surface area contributed by atoms with Gasteiger partial charge in [0.2, 0.25) is 0 Å². The van der Waals surface area contributed by atoms with Gasteiger partial charge in [-0.05, 0) is 18.3 Å². The molecule has 0 aromatic rings. The van der Waals surface area contributed by atoms with Crippen molar-refractivity contribution in [3.05, 3.63) is 0 Å². The van der Waals surface area contributed by atoms with Crippen LogP contribution in [0.3, 0.4) is 0 Å². The van der Waals surface area contributed by atoms with Crippen molar-refractivity contribution in [2.24, 2.45) is 11.8 Å². The smallest absolute Gasteiger partial charge is 0.329 e. The summed E-state index contributed by atoms with van der Waals surface area (Å²) in [4.78, 5) is 25.6. The van der Waals surface area contributed by atoms with E-state index in [0.29, 0.717) is 51.0 Å². The third-order valence-corrected chi connectivity index (χ3v) is 4.72. The Morgan fingerprint density at radius 1 is 1.25 bits per heavy atom. The molecule has 6 heteroatoms. The Labute approximate surface area is 119 Å². The number of hydrogen-bond acceptors (Lipinski definition) is 3. The molecular weight excluding hydrogens is 260 g/mol. The van der Waals surface area contributed by atoms with E-state index >= 15 is 0 Å². The number of likely N-dealkylation sites (tertiary alicyclic amines) is 1. The lowest BCUT2D eigenvalue weighted by atomic mass is 9.88. The molecule has 2 aliphatic rings. The van der Waals surface area contributed by atoms with Crippen molar-refractivity contribution < 1.29 is 19.4 Å². The molecule has 2 saturated heterocycles. The van der Waals surface area contributed by atoms with Crippen molar-refractivity contribution in [1.82, 2.24) is 10.2 Å². The van der Waals surface area contributed by atoms with E-state index < -0.39 is 11.5 Å². The summed E-state index contributed by atoms with van der Waals surface area (Å²) in [6.45, 7) is 6.46. The number of hydrogen-bond donors (Lipinski definition) is 2. The molecule has 2 heterocycles. The van der Waals surface area contributed by atoms with Crippen LogP contribution in [-0.2, 0) is 9.53 Å². The number of urea groups is 1. The second-order valence-electron chi connectivity index (χ2n) is 6.12. The first kappa shape index (κ1) is 15.1. The van der Waals surface area contributed by atoms with E-state index in [4.69, 9.17) is 4.74 Å². The van der Waals surface area contributed by atoms with Crippen LogP contribution >= 0.6 is 0 Å². The molecule has 2 rings (SSSR count).